The van der Waals surface area contributed by atoms with Gasteiger partial charge in [-0.2, -0.15) is 0 Å². The molecule has 0 spiro atoms. The molecule has 0 saturated heterocycles. The number of fused-ring (bicyclic) bond motifs is 1. The second-order valence-corrected chi connectivity index (χ2v) is 8.26. The van der Waals surface area contributed by atoms with E-state index in [1.54, 1.807) is 32.0 Å². The predicted octanol–water partition coefficient (Wildman–Crippen LogP) is 5.14. The van der Waals surface area contributed by atoms with Gasteiger partial charge in [-0.15, -0.1) is 0 Å². The lowest BCUT2D eigenvalue weighted by molar-refractivity contribution is 0.217. The van der Waals surface area contributed by atoms with Gasteiger partial charge in [-0.1, -0.05) is 42.5 Å². The van der Waals surface area contributed by atoms with Gasteiger partial charge in [0.2, 0.25) is 11.2 Å². The van der Waals surface area contributed by atoms with E-state index in [9.17, 15) is 4.79 Å². The van der Waals surface area contributed by atoms with E-state index in [0.29, 0.717) is 35.5 Å². The van der Waals surface area contributed by atoms with Gasteiger partial charge in [0.25, 0.3) is 0 Å². The fourth-order valence-electron chi connectivity index (χ4n) is 2.51. The maximum atomic E-state index is 13.1. The zero-order valence-electron chi connectivity index (χ0n) is 14.5. The molecule has 0 unspecified atom stereocenters. The molecule has 0 radical (unpaired) electrons. The van der Waals surface area contributed by atoms with Crippen molar-refractivity contribution in [1.82, 2.24) is 0 Å². The van der Waals surface area contributed by atoms with Crippen molar-refractivity contribution in [3.63, 3.8) is 0 Å². The third-order valence-corrected chi connectivity index (χ3v) is 5.98. The lowest BCUT2D eigenvalue weighted by Crippen LogP contribution is -2.11. The molecule has 0 amide bonds. The minimum atomic E-state index is -3.12. The van der Waals surface area contributed by atoms with Crippen LogP contribution < -0.4 is 9.95 Å². The molecule has 3 rings (SSSR count). The second-order valence-electron chi connectivity index (χ2n) is 5.33. The van der Waals surface area contributed by atoms with Crippen molar-refractivity contribution in [2.24, 2.45) is 0 Å². The quantitative estimate of drug-likeness (QED) is 0.521. The number of hydrogen-bond donors (Lipinski definition) is 0. The first kappa shape index (κ1) is 18.8. The molecule has 0 bridgehead atoms. The van der Waals surface area contributed by atoms with Crippen LogP contribution in [0.3, 0.4) is 0 Å². The summed E-state index contributed by atoms with van der Waals surface area (Å²) in [6, 6.07) is 16.3. The topological polar surface area (TPSA) is 57.9 Å². The summed E-state index contributed by atoms with van der Waals surface area (Å²) < 4.78 is 22.9. The van der Waals surface area contributed by atoms with E-state index >= 15 is 0 Å². The van der Waals surface area contributed by atoms with E-state index in [1.165, 1.54) is 0 Å². The van der Waals surface area contributed by atoms with Crippen molar-refractivity contribution >= 4 is 29.5 Å². The molecule has 3 aromatic rings. The second kappa shape index (κ2) is 8.14. The smallest absolute Gasteiger partial charge is 0.380 e. The van der Waals surface area contributed by atoms with E-state index in [2.05, 4.69) is 0 Å². The first-order chi connectivity index (χ1) is 12.6. The summed E-state index contributed by atoms with van der Waals surface area (Å²) in [6.45, 7) is 1.10. The standard InChI is InChI=1S/C19H19O5PS/c1-3-21-25(26,22-4-2)24-19-17(20)15-12-8-9-13-16(15)23-18(19)14-10-6-5-7-11-14/h5-13H,3-4H2,1-2H3. The van der Waals surface area contributed by atoms with E-state index in [0.717, 1.165) is 0 Å². The highest BCUT2D eigenvalue weighted by Gasteiger charge is 2.27. The maximum absolute atomic E-state index is 13.1. The monoisotopic (exact) mass is 390 g/mol. The predicted molar refractivity (Wildman–Crippen MR) is 106 cm³/mol. The number of para-hydroxylation sites is 1. The Morgan fingerprint density at radius 3 is 2.23 bits per heavy atom. The Labute approximate surface area is 156 Å². The summed E-state index contributed by atoms with van der Waals surface area (Å²) in [7, 11) is 0. The molecular weight excluding hydrogens is 371 g/mol. The van der Waals surface area contributed by atoms with Crippen LogP contribution in [0.4, 0.5) is 0 Å². The Hall–Kier alpha value is -1.98. The lowest BCUT2D eigenvalue weighted by Gasteiger charge is -2.22. The number of rotatable bonds is 7. The van der Waals surface area contributed by atoms with Crippen LogP contribution in [0.2, 0.25) is 0 Å². The Kier molecular flexibility index (Phi) is 5.89. The van der Waals surface area contributed by atoms with E-state index in [-0.39, 0.29) is 11.2 Å². The SMILES string of the molecule is CCOP(=S)(OCC)Oc1c(-c2ccccc2)oc2ccccc2c1=O. The highest BCUT2D eigenvalue weighted by Crippen LogP contribution is 2.51. The molecule has 1 heterocycles. The summed E-state index contributed by atoms with van der Waals surface area (Å²) >= 11 is 5.44. The zero-order valence-corrected chi connectivity index (χ0v) is 16.2. The van der Waals surface area contributed by atoms with Gasteiger partial charge in [0.15, 0.2) is 5.76 Å². The zero-order chi connectivity index (χ0) is 18.6. The summed E-state index contributed by atoms with van der Waals surface area (Å²) in [5.74, 6) is 0.322. The molecule has 0 aliphatic rings. The summed E-state index contributed by atoms with van der Waals surface area (Å²) in [5, 5.41) is 0.414. The molecule has 1 aromatic heterocycles. The fraction of sp³-hybridized carbons (Fsp3) is 0.211. The van der Waals surface area contributed by atoms with Gasteiger partial charge in [-0.05, 0) is 26.0 Å². The molecule has 0 aliphatic heterocycles. The minimum absolute atomic E-state index is 0.0140. The highest BCUT2D eigenvalue weighted by molar-refractivity contribution is 8.07. The average molecular weight is 390 g/mol. The third kappa shape index (κ3) is 3.89. The minimum Gasteiger partial charge on any atom is -0.452 e. The van der Waals surface area contributed by atoms with E-state index in [1.807, 2.05) is 36.4 Å². The Balaban J connectivity index is 2.23. The molecule has 0 aliphatic carbocycles. The molecule has 136 valence electrons. The van der Waals surface area contributed by atoms with Crippen molar-refractivity contribution < 1.29 is 18.0 Å². The summed E-state index contributed by atoms with van der Waals surface area (Å²) in [6.07, 6.45) is 0. The highest BCUT2D eigenvalue weighted by atomic mass is 32.5. The molecule has 0 saturated carbocycles. The van der Waals surface area contributed by atoms with Crippen LogP contribution in [-0.4, -0.2) is 13.2 Å². The Bertz CT molecular complexity index is 990. The van der Waals surface area contributed by atoms with Crippen LogP contribution in [-0.2, 0) is 20.9 Å². The van der Waals surface area contributed by atoms with Crippen LogP contribution in [0.15, 0.2) is 63.8 Å². The largest absolute Gasteiger partial charge is 0.452 e. The van der Waals surface area contributed by atoms with Gasteiger partial charge in [0, 0.05) is 17.4 Å². The van der Waals surface area contributed by atoms with Gasteiger partial charge in [0.1, 0.15) is 5.58 Å². The van der Waals surface area contributed by atoms with Crippen molar-refractivity contribution in [3.8, 4) is 17.1 Å². The summed E-state index contributed by atoms with van der Waals surface area (Å²) in [5.41, 5.74) is 0.879. The van der Waals surface area contributed by atoms with E-state index in [4.69, 9.17) is 29.8 Å². The molecule has 0 atom stereocenters. The van der Waals surface area contributed by atoms with Crippen LogP contribution in [0.1, 0.15) is 13.8 Å². The fourth-order valence-corrected chi connectivity index (χ4v) is 4.56. The van der Waals surface area contributed by atoms with Crippen molar-refractivity contribution in [1.29, 1.82) is 0 Å². The van der Waals surface area contributed by atoms with Crippen LogP contribution >= 0.6 is 6.72 Å². The molecule has 0 fully saturated rings. The maximum Gasteiger partial charge on any atom is 0.380 e. The van der Waals surface area contributed by atoms with Gasteiger partial charge >= 0.3 is 6.72 Å². The van der Waals surface area contributed by atoms with Crippen molar-refractivity contribution in [2.45, 2.75) is 13.8 Å². The van der Waals surface area contributed by atoms with Crippen LogP contribution in [0.25, 0.3) is 22.3 Å². The van der Waals surface area contributed by atoms with Gasteiger partial charge in [-0.3, -0.25) is 13.8 Å². The first-order valence-corrected chi connectivity index (χ1v) is 10.8. The van der Waals surface area contributed by atoms with Gasteiger partial charge < -0.3 is 8.94 Å². The molecule has 26 heavy (non-hydrogen) atoms. The average Bonchev–Trinajstić information content (AvgIpc) is 2.65. The van der Waals surface area contributed by atoms with Crippen molar-refractivity contribution in [2.75, 3.05) is 13.2 Å². The van der Waals surface area contributed by atoms with E-state index < -0.39 is 6.72 Å². The number of hydrogen-bond acceptors (Lipinski definition) is 6. The normalized spacial score (nSPS) is 11.6. The lowest BCUT2D eigenvalue weighted by atomic mass is 10.1. The molecule has 0 N–H and O–H groups in total. The number of benzene rings is 2. The molecule has 2 aromatic carbocycles. The molecular formula is C19H19O5PS. The Morgan fingerprint density at radius 1 is 0.962 bits per heavy atom. The third-order valence-electron chi connectivity index (χ3n) is 3.57. The van der Waals surface area contributed by atoms with Crippen LogP contribution in [0, 0.1) is 0 Å². The van der Waals surface area contributed by atoms with Crippen LogP contribution in [0.5, 0.6) is 5.75 Å². The van der Waals surface area contributed by atoms with Gasteiger partial charge in [-0.25, -0.2) is 0 Å². The Morgan fingerprint density at radius 2 is 1.58 bits per heavy atom. The summed E-state index contributed by atoms with van der Waals surface area (Å²) in [4.78, 5) is 13.1. The van der Waals surface area contributed by atoms with Gasteiger partial charge in [0.05, 0.1) is 18.6 Å². The molecule has 7 heteroatoms. The van der Waals surface area contributed by atoms with Crippen molar-refractivity contribution in [3.05, 3.63) is 64.8 Å². The molecule has 5 nitrogen and oxygen atoms in total. The first-order valence-electron chi connectivity index (χ1n) is 8.28.